The van der Waals surface area contributed by atoms with Crippen molar-refractivity contribution in [3.63, 3.8) is 0 Å². The van der Waals surface area contributed by atoms with Crippen LogP contribution < -0.4 is 10.5 Å². The van der Waals surface area contributed by atoms with Crippen molar-refractivity contribution in [1.82, 2.24) is 9.97 Å². The quantitative estimate of drug-likeness (QED) is 0.913. The molecule has 1 aromatic carbocycles. The maximum absolute atomic E-state index is 5.93. The van der Waals surface area contributed by atoms with Gasteiger partial charge in [-0.25, -0.2) is 9.97 Å². The SMILES string of the molecule is NCC1CCCC1COc1ncnc2ccccc12. The molecule has 1 fully saturated rings. The van der Waals surface area contributed by atoms with E-state index >= 15 is 0 Å². The Labute approximate surface area is 113 Å². The molecule has 2 N–H and O–H groups in total. The predicted molar refractivity (Wildman–Crippen MR) is 74.9 cm³/mol. The molecule has 1 aromatic heterocycles. The van der Waals surface area contributed by atoms with Crippen molar-refractivity contribution in [2.75, 3.05) is 13.2 Å². The highest BCUT2D eigenvalue weighted by atomic mass is 16.5. The van der Waals surface area contributed by atoms with Crippen LogP contribution in [0.15, 0.2) is 30.6 Å². The van der Waals surface area contributed by atoms with E-state index in [1.807, 2.05) is 24.3 Å². The number of hydrogen-bond acceptors (Lipinski definition) is 4. The van der Waals surface area contributed by atoms with Crippen LogP contribution in [0.4, 0.5) is 0 Å². The molecule has 4 heteroatoms. The molecule has 1 heterocycles. The summed E-state index contributed by atoms with van der Waals surface area (Å²) in [5.41, 5.74) is 6.73. The van der Waals surface area contributed by atoms with Gasteiger partial charge < -0.3 is 10.5 Å². The van der Waals surface area contributed by atoms with Crippen molar-refractivity contribution >= 4 is 10.9 Å². The van der Waals surface area contributed by atoms with Crippen LogP contribution in [0.3, 0.4) is 0 Å². The molecule has 0 radical (unpaired) electrons. The second kappa shape index (κ2) is 5.53. The molecule has 0 aliphatic heterocycles. The standard InChI is InChI=1S/C15H19N3O/c16-8-11-4-3-5-12(11)9-19-15-13-6-1-2-7-14(13)17-10-18-15/h1-2,6-7,10-12H,3-5,8-9,16H2. The van der Waals surface area contributed by atoms with Gasteiger partial charge >= 0.3 is 0 Å². The molecule has 4 nitrogen and oxygen atoms in total. The van der Waals surface area contributed by atoms with Crippen molar-refractivity contribution in [1.29, 1.82) is 0 Å². The topological polar surface area (TPSA) is 61.0 Å². The average Bonchev–Trinajstić information content (AvgIpc) is 2.92. The van der Waals surface area contributed by atoms with Crippen LogP contribution in [0, 0.1) is 11.8 Å². The highest BCUT2D eigenvalue weighted by Gasteiger charge is 2.26. The molecule has 2 aromatic rings. The number of nitrogens with two attached hydrogens (primary N) is 1. The fourth-order valence-corrected chi connectivity index (χ4v) is 2.92. The fourth-order valence-electron chi connectivity index (χ4n) is 2.92. The number of hydrogen-bond donors (Lipinski definition) is 1. The summed E-state index contributed by atoms with van der Waals surface area (Å²) in [6.07, 6.45) is 5.27. The number of benzene rings is 1. The van der Waals surface area contributed by atoms with Crippen molar-refractivity contribution in [2.45, 2.75) is 19.3 Å². The van der Waals surface area contributed by atoms with E-state index in [2.05, 4.69) is 9.97 Å². The Bertz CT molecular complexity index is 553. The molecule has 0 amide bonds. The summed E-state index contributed by atoms with van der Waals surface area (Å²) in [6.45, 7) is 1.47. The first kappa shape index (κ1) is 12.4. The molecule has 3 rings (SSSR count). The maximum atomic E-state index is 5.93. The van der Waals surface area contributed by atoms with Crippen LogP contribution in [-0.4, -0.2) is 23.1 Å². The molecule has 19 heavy (non-hydrogen) atoms. The van der Waals surface area contributed by atoms with E-state index < -0.39 is 0 Å². The van der Waals surface area contributed by atoms with Crippen molar-refractivity contribution < 1.29 is 4.74 Å². The average molecular weight is 257 g/mol. The number of para-hydroxylation sites is 1. The van der Waals surface area contributed by atoms with Gasteiger partial charge in [0.25, 0.3) is 0 Å². The molecule has 2 atom stereocenters. The molecule has 1 aliphatic carbocycles. The second-order valence-corrected chi connectivity index (χ2v) is 5.19. The first-order valence-electron chi connectivity index (χ1n) is 6.91. The van der Waals surface area contributed by atoms with E-state index in [-0.39, 0.29) is 0 Å². The summed E-state index contributed by atoms with van der Waals surface area (Å²) >= 11 is 0. The zero-order chi connectivity index (χ0) is 13.1. The van der Waals surface area contributed by atoms with Crippen molar-refractivity contribution in [3.8, 4) is 5.88 Å². The van der Waals surface area contributed by atoms with Crippen LogP contribution in [0.25, 0.3) is 10.9 Å². The van der Waals surface area contributed by atoms with Gasteiger partial charge in [0.1, 0.15) is 6.33 Å². The number of fused-ring (bicyclic) bond motifs is 1. The van der Waals surface area contributed by atoms with E-state index in [0.717, 1.165) is 17.4 Å². The van der Waals surface area contributed by atoms with Gasteiger partial charge in [0.15, 0.2) is 0 Å². The first-order valence-corrected chi connectivity index (χ1v) is 6.91. The predicted octanol–water partition coefficient (Wildman–Crippen LogP) is 2.38. The summed E-state index contributed by atoms with van der Waals surface area (Å²) in [5.74, 6) is 1.86. The lowest BCUT2D eigenvalue weighted by Crippen LogP contribution is -2.23. The smallest absolute Gasteiger partial charge is 0.224 e. The molecule has 1 aliphatic rings. The van der Waals surface area contributed by atoms with Gasteiger partial charge in [-0.05, 0) is 43.4 Å². The van der Waals surface area contributed by atoms with Crippen LogP contribution in [-0.2, 0) is 0 Å². The van der Waals surface area contributed by atoms with Gasteiger partial charge in [0.2, 0.25) is 5.88 Å². The van der Waals surface area contributed by atoms with Gasteiger partial charge in [0, 0.05) is 0 Å². The Kier molecular flexibility index (Phi) is 3.60. The van der Waals surface area contributed by atoms with Crippen LogP contribution in [0.5, 0.6) is 5.88 Å². The maximum Gasteiger partial charge on any atom is 0.224 e. The highest BCUT2D eigenvalue weighted by molar-refractivity contribution is 5.82. The molecule has 0 bridgehead atoms. The Balaban J connectivity index is 1.75. The van der Waals surface area contributed by atoms with Crippen LogP contribution in [0.2, 0.25) is 0 Å². The lowest BCUT2D eigenvalue weighted by Gasteiger charge is -2.18. The van der Waals surface area contributed by atoms with E-state index in [1.54, 1.807) is 6.33 Å². The molecule has 1 saturated carbocycles. The van der Waals surface area contributed by atoms with Gasteiger partial charge in [0.05, 0.1) is 17.5 Å². The van der Waals surface area contributed by atoms with Gasteiger partial charge in [-0.3, -0.25) is 0 Å². The molecule has 0 spiro atoms. The van der Waals surface area contributed by atoms with E-state index in [4.69, 9.17) is 10.5 Å². The zero-order valence-corrected chi connectivity index (χ0v) is 11.0. The Morgan fingerprint density at radius 2 is 2.00 bits per heavy atom. The number of nitrogens with zero attached hydrogens (tertiary/aromatic N) is 2. The minimum atomic E-state index is 0.568. The highest BCUT2D eigenvalue weighted by Crippen LogP contribution is 2.31. The second-order valence-electron chi connectivity index (χ2n) is 5.19. The van der Waals surface area contributed by atoms with Crippen molar-refractivity contribution in [3.05, 3.63) is 30.6 Å². The normalized spacial score (nSPS) is 22.8. The van der Waals surface area contributed by atoms with Gasteiger partial charge in [-0.15, -0.1) is 0 Å². The van der Waals surface area contributed by atoms with E-state index in [0.29, 0.717) is 24.3 Å². The summed E-state index contributed by atoms with van der Waals surface area (Å²) in [5, 5.41) is 0.979. The molecule has 2 unspecified atom stereocenters. The minimum absolute atomic E-state index is 0.568. The van der Waals surface area contributed by atoms with Crippen LogP contribution >= 0.6 is 0 Å². The third kappa shape index (κ3) is 2.54. The van der Waals surface area contributed by atoms with E-state index in [9.17, 15) is 0 Å². The summed E-state index contributed by atoms with van der Waals surface area (Å²) in [4.78, 5) is 8.50. The zero-order valence-electron chi connectivity index (χ0n) is 11.0. The molecular formula is C15H19N3O. The number of ether oxygens (including phenoxy) is 1. The van der Waals surface area contributed by atoms with Gasteiger partial charge in [-0.1, -0.05) is 18.6 Å². The monoisotopic (exact) mass is 257 g/mol. The summed E-state index contributed by atoms with van der Waals surface area (Å²) in [6, 6.07) is 7.93. The Morgan fingerprint density at radius 1 is 1.16 bits per heavy atom. The fraction of sp³-hybridized carbons (Fsp3) is 0.467. The molecular weight excluding hydrogens is 238 g/mol. The largest absolute Gasteiger partial charge is 0.477 e. The summed E-state index contributed by atoms with van der Waals surface area (Å²) in [7, 11) is 0. The molecule has 0 saturated heterocycles. The minimum Gasteiger partial charge on any atom is -0.477 e. The van der Waals surface area contributed by atoms with Gasteiger partial charge in [-0.2, -0.15) is 0 Å². The molecule has 100 valence electrons. The Hall–Kier alpha value is -1.68. The van der Waals surface area contributed by atoms with Crippen LogP contribution in [0.1, 0.15) is 19.3 Å². The third-order valence-electron chi connectivity index (χ3n) is 4.06. The lowest BCUT2D eigenvalue weighted by molar-refractivity contribution is 0.212. The lowest BCUT2D eigenvalue weighted by atomic mass is 9.97. The van der Waals surface area contributed by atoms with E-state index in [1.165, 1.54) is 19.3 Å². The third-order valence-corrected chi connectivity index (χ3v) is 4.06. The first-order chi connectivity index (χ1) is 9.38. The summed E-state index contributed by atoms with van der Waals surface area (Å²) < 4.78 is 5.93. The van der Waals surface area contributed by atoms with Crippen molar-refractivity contribution in [2.24, 2.45) is 17.6 Å². The number of aromatic nitrogens is 2. The Morgan fingerprint density at radius 3 is 2.89 bits per heavy atom. The number of rotatable bonds is 4.